The van der Waals surface area contributed by atoms with Crippen LogP contribution < -0.4 is 14.4 Å². The fraction of sp³-hybridized carbons (Fsp3) is 0. The van der Waals surface area contributed by atoms with E-state index >= 15 is 0 Å². The Bertz CT molecular complexity index is 40.2. The summed E-state index contributed by atoms with van der Waals surface area (Å²) in [4.78, 5) is 0. The highest BCUT2D eigenvalue weighted by molar-refractivity contribution is 8.02. The second kappa shape index (κ2) is 3.50. The Kier molecular flexibility index (Phi) is 3.75. The predicted molar refractivity (Wildman–Crippen MR) is 27.8 cm³/mol. The predicted octanol–water partition coefficient (Wildman–Crippen LogP) is -2.35. The van der Waals surface area contributed by atoms with Gasteiger partial charge in [0.25, 0.3) is 0 Å². The van der Waals surface area contributed by atoms with E-state index in [1.165, 1.54) is 0 Å². The zero-order valence-corrected chi connectivity index (χ0v) is 4.92. The van der Waals surface area contributed by atoms with E-state index in [9.17, 15) is 9.11 Å². The summed E-state index contributed by atoms with van der Waals surface area (Å²) in [7, 11) is 0. The molecule has 0 heterocycles. The van der Waals surface area contributed by atoms with Crippen molar-refractivity contribution in [2.75, 3.05) is 0 Å². The molecule has 5 nitrogen and oxygen atoms in total. The van der Waals surface area contributed by atoms with Crippen LogP contribution in [0.1, 0.15) is 0 Å². The quantitative estimate of drug-likeness (QED) is 0.375. The molecule has 5 N–H and O–H groups in total. The first kappa shape index (κ1) is 7.50. The van der Waals surface area contributed by atoms with E-state index in [4.69, 9.17) is 0 Å². The second-order valence-corrected chi connectivity index (χ2v) is 2.53. The van der Waals surface area contributed by atoms with E-state index in [2.05, 4.69) is 10.3 Å². The summed E-state index contributed by atoms with van der Waals surface area (Å²) in [5, 5.41) is 9.16. The van der Waals surface area contributed by atoms with E-state index in [1.54, 1.807) is 4.13 Å². The highest BCUT2D eigenvalue weighted by Crippen LogP contribution is 1.70. The Morgan fingerprint density at radius 2 is 1.43 bits per heavy atom. The van der Waals surface area contributed by atoms with Crippen molar-refractivity contribution in [1.29, 1.82) is 0 Å². The molecule has 2 atom stereocenters. The fourth-order valence-electron chi connectivity index (χ4n) is 0.0810. The number of nitrogens with two attached hydrogens (primary N) is 2. The maximum Gasteiger partial charge on any atom is 0.182 e. The van der Waals surface area contributed by atoms with Crippen LogP contribution in [0.4, 0.5) is 0 Å². The minimum absolute atomic E-state index is 1.77. The van der Waals surface area contributed by atoms with Crippen LogP contribution in [0.2, 0.25) is 0 Å². The van der Waals surface area contributed by atoms with Crippen molar-refractivity contribution in [3.05, 3.63) is 0 Å². The van der Waals surface area contributed by atoms with E-state index in [1.807, 2.05) is 0 Å². The molecule has 0 radical (unpaired) electrons. The first-order chi connectivity index (χ1) is 3.13. The van der Waals surface area contributed by atoms with Crippen LogP contribution in [-0.4, -0.2) is 9.11 Å². The molecule has 0 aliphatic rings. The average molecular weight is 143 g/mol. The summed E-state index contributed by atoms with van der Waals surface area (Å²) in [6, 6.07) is 0. The maximum atomic E-state index is 9.76. The van der Waals surface area contributed by atoms with Gasteiger partial charge in [0.1, 0.15) is 0 Å². The van der Waals surface area contributed by atoms with Gasteiger partial charge >= 0.3 is 0 Å². The third-order valence-electron chi connectivity index (χ3n) is 0.164. The molecule has 0 aromatic carbocycles. The third kappa shape index (κ3) is 6.50. The van der Waals surface area contributed by atoms with Crippen molar-refractivity contribution in [2.45, 2.75) is 0 Å². The number of hydrogen-bond donors (Lipinski definition) is 3. The summed E-state index contributed by atoms with van der Waals surface area (Å²) < 4.78 is 21.3. The molecule has 0 aliphatic carbocycles. The van der Waals surface area contributed by atoms with Crippen molar-refractivity contribution >= 4 is 23.1 Å². The van der Waals surface area contributed by atoms with Crippen molar-refractivity contribution in [1.82, 2.24) is 4.13 Å². The van der Waals surface area contributed by atoms with E-state index in [-0.39, 0.29) is 0 Å². The van der Waals surface area contributed by atoms with Gasteiger partial charge in [0.2, 0.25) is 0 Å². The highest BCUT2D eigenvalue weighted by Gasteiger charge is 2.05. The Labute approximate surface area is 47.3 Å². The number of nitrogens with one attached hydrogen (secondary N) is 1. The lowest BCUT2D eigenvalue weighted by atomic mass is 13.8. The Morgan fingerprint density at radius 3 is 1.43 bits per heavy atom. The molecule has 0 spiro atoms. The highest BCUT2D eigenvalue weighted by atomic mass is 32.3. The zero-order chi connectivity index (χ0) is 5.86. The minimum atomic E-state index is -1.77. The normalized spacial score (nSPS) is 18.9. The SMILES string of the molecule is N[S+]([O-])N[S+](N)[O-]. The first-order valence-corrected chi connectivity index (χ1v) is 3.64. The third-order valence-corrected chi connectivity index (χ3v) is 1.48. The lowest BCUT2D eigenvalue weighted by Crippen LogP contribution is -2.40. The topological polar surface area (TPSA) is 110 Å². The van der Waals surface area contributed by atoms with Crippen LogP contribution in [0.15, 0.2) is 0 Å². The zero-order valence-electron chi connectivity index (χ0n) is 3.29. The van der Waals surface area contributed by atoms with Gasteiger partial charge in [-0.1, -0.05) is 0 Å². The van der Waals surface area contributed by atoms with Crippen molar-refractivity contribution in [3.63, 3.8) is 0 Å². The van der Waals surface area contributed by atoms with Crippen molar-refractivity contribution in [2.24, 2.45) is 10.3 Å². The molecule has 0 fully saturated rings. The van der Waals surface area contributed by atoms with Crippen LogP contribution in [0.3, 0.4) is 0 Å². The summed E-state index contributed by atoms with van der Waals surface area (Å²) in [6.07, 6.45) is 0. The van der Waals surface area contributed by atoms with Crippen LogP contribution in [0, 0.1) is 0 Å². The molecule has 7 heavy (non-hydrogen) atoms. The molecule has 0 saturated carbocycles. The van der Waals surface area contributed by atoms with Gasteiger partial charge in [-0.05, 0) is 0 Å². The van der Waals surface area contributed by atoms with Gasteiger partial charge in [-0.25, -0.2) is 0 Å². The molecular weight excluding hydrogens is 138 g/mol. The van der Waals surface area contributed by atoms with Crippen LogP contribution >= 0.6 is 0 Å². The standard InChI is InChI=1S/H5N3O2S2/c1-6(4)3-7(2)5/h3H,1-2H2. The number of rotatable bonds is 2. The lowest BCUT2D eigenvalue weighted by molar-refractivity contribution is 0.577. The van der Waals surface area contributed by atoms with Gasteiger partial charge < -0.3 is 9.11 Å². The molecule has 0 aromatic heterocycles. The maximum absolute atomic E-state index is 9.76. The molecule has 0 saturated heterocycles. The van der Waals surface area contributed by atoms with E-state index in [0.29, 0.717) is 0 Å². The van der Waals surface area contributed by atoms with Crippen LogP contribution in [0.5, 0.6) is 0 Å². The average Bonchev–Trinajstić information content (AvgIpc) is 1.27. The summed E-state index contributed by atoms with van der Waals surface area (Å²) in [5.74, 6) is 0. The summed E-state index contributed by atoms with van der Waals surface area (Å²) in [6.45, 7) is 0. The van der Waals surface area contributed by atoms with Gasteiger partial charge in [-0.3, -0.25) is 0 Å². The monoisotopic (exact) mass is 143 g/mol. The van der Waals surface area contributed by atoms with Crippen molar-refractivity contribution in [3.8, 4) is 0 Å². The molecule has 0 rings (SSSR count). The molecule has 0 amide bonds. The Hall–Kier alpha value is 0.500. The summed E-state index contributed by atoms with van der Waals surface area (Å²) >= 11 is -3.54. The smallest absolute Gasteiger partial charge is 0.182 e. The number of hydrogen-bond acceptors (Lipinski definition) is 5. The Balaban J connectivity index is 2.95. The second-order valence-electron chi connectivity index (χ2n) is 0.678. The van der Waals surface area contributed by atoms with Gasteiger partial charge in [-0.2, -0.15) is 0 Å². The molecule has 2 unspecified atom stereocenters. The molecule has 7 heteroatoms. The van der Waals surface area contributed by atoms with Crippen molar-refractivity contribution < 1.29 is 9.11 Å². The van der Waals surface area contributed by atoms with Gasteiger partial charge in [0.15, 0.2) is 23.1 Å². The van der Waals surface area contributed by atoms with Gasteiger partial charge in [-0.15, -0.1) is 10.3 Å². The van der Waals surface area contributed by atoms with E-state index in [0.717, 1.165) is 0 Å². The molecule has 44 valence electrons. The minimum Gasteiger partial charge on any atom is -0.576 e. The molecule has 0 aromatic rings. The first-order valence-electron chi connectivity index (χ1n) is 1.21. The van der Waals surface area contributed by atoms with E-state index < -0.39 is 23.1 Å². The lowest BCUT2D eigenvalue weighted by Gasteiger charge is -2.01. The van der Waals surface area contributed by atoms with Gasteiger partial charge in [0, 0.05) is 0 Å². The Morgan fingerprint density at radius 1 is 1.14 bits per heavy atom. The molecule has 0 bridgehead atoms. The summed E-state index contributed by atoms with van der Waals surface area (Å²) in [5.41, 5.74) is 0. The largest absolute Gasteiger partial charge is 0.576 e. The molecule has 0 aliphatic heterocycles. The van der Waals surface area contributed by atoms with Gasteiger partial charge in [0.05, 0.1) is 4.13 Å². The fourth-order valence-corrected chi connectivity index (χ4v) is 0.729. The van der Waals surface area contributed by atoms with Crippen LogP contribution in [0.25, 0.3) is 0 Å². The van der Waals surface area contributed by atoms with Crippen LogP contribution in [-0.2, 0) is 23.1 Å². The molecular formula is H5N3O2S2.